The summed E-state index contributed by atoms with van der Waals surface area (Å²) >= 11 is 0. The van der Waals surface area contributed by atoms with Crippen LogP contribution in [0, 0.1) is 5.92 Å². The van der Waals surface area contributed by atoms with Crippen molar-refractivity contribution in [2.45, 2.75) is 12.8 Å². The van der Waals surface area contributed by atoms with Gasteiger partial charge < -0.3 is 0 Å². The van der Waals surface area contributed by atoms with Gasteiger partial charge in [0, 0.05) is 0 Å². The second-order valence-electron chi connectivity index (χ2n) is 2.78. The van der Waals surface area contributed by atoms with E-state index in [0.717, 1.165) is 12.8 Å². The lowest BCUT2D eigenvalue weighted by Crippen LogP contribution is -1.84. The third-order valence-corrected chi connectivity index (χ3v) is 1.80. The van der Waals surface area contributed by atoms with Gasteiger partial charge in [-0.15, -0.1) is 13.2 Å². The van der Waals surface area contributed by atoms with Gasteiger partial charge in [0.1, 0.15) is 0 Å². The first-order chi connectivity index (χ1) is 5.36. The van der Waals surface area contributed by atoms with Crippen LogP contribution in [-0.2, 0) is 0 Å². The molecular weight excluding hydrogens is 132 g/mol. The largest absolute Gasteiger partial charge is 0.103 e. The highest BCUT2D eigenvalue weighted by Crippen LogP contribution is 2.21. The van der Waals surface area contributed by atoms with Gasteiger partial charge in [-0.2, -0.15) is 0 Å². The van der Waals surface area contributed by atoms with Crippen LogP contribution < -0.4 is 0 Å². The summed E-state index contributed by atoms with van der Waals surface area (Å²) in [5, 5.41) is 0. The minimum Gasteiger partial charge on any atom is -0.103 e. The smallest absolute Gasteiger partial charge is 0.000992 e. The molecule has 1 atom stereocenters. The molecule has 0 saturated carbocycles. The van der Waals surface area contributed by atoms with Gasteiger partial charge in [0.2, 0.25) is 0 Å². The third kappa shape index (κ3) is 2.23. The maximum Gasteiger partial charge on any atom is -0.000992 e. The van der Waals surface area contributed by atoms with Gasteiger partial charge in [0.25, 0.3) is 0 Å². The molecule has 1 aliphatic rings. The molecule has 0 aromatic carbocycles. The summed E-state index contributed by atoms with van der Waals surface area (Å²) in [6.07, 6.45) is 12.6. The van der Waals surface area contributed by atoms with Crippen LogP contribution in [0.1, 0.15) is 12.8 Å². The van der Waals surface area contributed by atoms with Gasteiger partial charge in [-0.25, -0.2) is 0 Å². The van der Waals surface area contributed by atoms with Crippen molar-refractivity contribution in [3.05, 3.63) is 49.1 Å². The molecule has 0 saturated heterocycles. The maximum absolute atomic E-state index is 3.71. The number of hydrogen-bond donors (Lipinski definition) is 0. The predicted octanol–water partition coefficient (Wildman–Crippen LogP) is 3.25. The number of allylic oxidation sites excluding steroid dienone is 6. The third-order valence-electron chi connectivity index (χ3n) is 1.80. The van der Waals surface area contributed by atoms with Crippen molar-refractivity contribution in [2.24, 2.45) is 5.92 Å². The zero-order chi connectivity index (χ0) is 8.10. The molecule has 0 radical (unpaired) electrons. The summed E-state index contributed by atoms with van der Waals surface area (Å²) in [5.41, 5.74) is 1.38. The van der Waals surface area contributed by atoms with E-state index >= 15 is 0 Å². The molecule has 0 N–H and O–H groups in total. The SMILES string of the molecule is C=CCC1=CC(CC=C)C=C1. The van der Waals surface area contributed by atoms with Gasteiger partial charge in [-0.05, 0) is 24.3 Å². The van der Waals surface area contributed by atoms with Gasteiger partial charge in [-0.1, -0.05) is 30.4 Å². The maximum atomic E-state index is 3.71. The Morgan fingerprint density at radius 1 is 1.36 bits per heavy atom. The molecule has 58 valence electrons. The monoisotopic (exact) mass is 146 g/mol. The van der Waals surface area contributed by atoms with E-state index in [1.165, 1.54) is 5.57 Å². The Kier molecular flexibility index (Phi) is 2.91. The fourth-order valence-corrected chi connectivity index (χ4v) is 1.28. The summed E-state index contributed by atoms with van der Waals surface area (Å²) in [5.74, 6) is 0.586. The van der Waals surface area contributed by atoms with Crippen LogP contribution in [0.5, 0.6) is 0 Å². The number of hydrogen-bond acceptors (Lipinski definition) is 0. The van der Waals surface area contributed by atoms with Crippen molar-refractivity contribution in [1.29, 1.82) is 0 Å². The Labute approximate surface area is 68.6 Å². The zero-order valence-electron chi connectivity index (χ0n) is 6.79. The fraction of sp³-hybridized carbons (Fsp3) is 0.273. The van der Waals surface area contributed by atoms with Crippen LogP contribution >= 0.6 is 0 Å². The van der Waals surface area contributed by atoms with Crippen LogP contribution in [0.25, 0.3) is 0 Å². The van der Waals surface area contributed by atoms with Crippen molar-refractivity contribution in [3.63, 3.8) is 0 Å². The molecule has 0 bridgehead atoms. The average Bonchev–Trinajstić information content (AvgIpc) is 2.38. The van der Waals surface area contributed by atoms with E-state index < -0.39 is 0 Å². The second-order valence-corrected chi connectivity index (χ2v) is 2.78. The molecular formula is C11H14. The van der Waals surface area contributed by atoms with Crippen molar-refractivity contribution < 1.29 is 0 Å². The van der Waals surface area contributed by atoms with E-state index in [4.69, 9.17) is 0 Å². The summed E-state index contributed by atoms with van der Waals surface area (Å²) < 4.78 is 0. The Morgan fingerprint density at radius 2 is 2.18 bits per heavy atom. The van der Waals surface area contributed by atoms with Crippen LogP contribution in [0.15, 0.2) is 49.1 Å². The summed E-state index contributed by atoms with van der Waals surface area (Å²) in [6.45, 7) is 7.41. The van der Waals surface area contributed by atoms with Gasteiger partial charge in [-0.3, -0.25) is 0 Å². The van der Waals surface area contributed by atoms with E-state index in [9.17, 15) is 0 Å². The molecule has 0 aromatic rings. The molecule has 0 spiro atoms. The predicted molar refractivity (Wildman–Crippen MR) is 50.3 cm³/mol. The summed E-state index contributed by atoms with van der Waals surface area (Å²) in [6, 6.07) is 0. The number of rotatable bonds is 4. The summed E-state index contributed by atoms with van der Waals surface area (Å²) in [4.78, 5) is 0. The molecule has 0 aliphatic heterocycles. The van der Waals surface area contributed by atoms with Gasteiger partial charge >= 0.3 is 0 Å². The van der Waals surface area contributed by atoms with E-state index in [1.807, 2.05) is 12.2 Å². The molecule has 1 unspecified atom stereocenters. The van der Waals surface area contributed by atoms with Gasteiger partial charge in [0.05, 0.1) is 0 Å². The average molecular weight is 146 g/mol. The van der Waals surface area contributed by atoms with Crippen molar-refractivity contribution >= 4 is 0 Å². The lowest BCUT2D eigenvalue weighted by atomic mass is 10.1. The lowest BCUT2D eigenvalue weighted by Gasteiger charge is -1.97. The molecule has 0 amide bonds. The topological polar surface area (TPSA) is 0 Å². The zero-order valence-corrected chi connectivity index (χ0v) is 6.79. The Bertz CT molecular complexity index is 206. The van der Waals surface area contributed by atoms with E-state index in [2.05, 4.69) is 31.4 Å². The van der Waals surface area contributed by atoms with Crippen LogP contribution in [0.2, 0.25) is 0 Å². The van der Waals surface area contributed by atoms with E-state index in [0.29, 0.717) is 5.92 Å². The molecule has 0 fully saturated rings. The molecule has 0 heterocycles. The Balaban J connectivity index is 2.48. The molecule has 0 heteroatoms. The standard InChI is InChI=1S/C11H14/c1-3-5-10-7-8-11(9-10)6-4-2/h3-4,7-10H,1-2,5-6H2. The highest BCUT2D eigenvalue weighted by atomic mass is 14.1. The highest BCUT2D eigenvalue weighted by molar-refractivity contribution is 5.30. The minimum atomic E-state index is 0.586. The fourth-order valence-electron chi connectivity index (χ4n) is 1.28. The Hall–Kier alpha value is -1.04. The molecule has 1 aliphatic carbocycles. The quantitative estimate of drug-likeness (QED) is 0.534. The molecule has 0 aromatic heterocycles. The first-order valence-electron chi connectivity index (χ1n) is 3.97. The second kappa shape index (κ2) is 3.97. The van der Waals surface area contributed by atoms with Crippen molar-refractivity contribution in [1.82, 2.24) is 0 Å². The van der Waals surface area contributed by atoms with Gasteiger partial charge in [0.15, 0.2) is 0 Å². The molecule has 1 rings (SSSR count). The van der Waals surface area contributed by atoms with Crippen LogP contribution in [0.3, 0.4) is 0 Å². The Morgan fingerprint density at radius 3 is 2.82 bits per heavy atom. The van der Waals surface area contributed by atoms with Crippen molar-refractivity contribution in [2.75, 3.05) is 0 Å². The van der Waals surface area contributed by atoms with Crippen LogP contribution in [0.4, 0.5) is 0 Å². The van der Waals surface area contributed by atoms with E-state index in [1.54, 1.807) is 0 Å². The first-order valence-corrected chi connectivity index (χ1v) is 3.97. The minimum absolute atomic E-state index is 0.586. The van der Waals surface area contributed by atoms with E-state index in [-0.39, 0.29) is 0 Å². The summed E-state index contributed by atoms with van der Waals surface area (Å²) in [7, 11) is 0. The normalized spacial score (nSPS) is 21.5. The first kappa shape index (κ1) is 8.06. The molecule has 11 heavy (non-hydrogen) atoms. The molecule has 0 nitrogen and oxygen atoms in total. The van der Waals surface area contributed by atoms with Crippen LogP contribution in [-0.4, -0.2) is 0 Å². The van der Waals surface area contributed by atoms with Crippen molar-refractivity contribution in [3.8, 4) is 0 Å². The highest BCUT2D eigenvalue weighted by Gasteiger charge is 2.05. The lowest BCUT2D eigenvalue weighted by molar-refractivity contribution is 0.843.